The maximum absolute atomic E-state index is 12.6. The lowest BCUT2D eigenvalue weighted by Crippen LogP contribution is -2.40. The van der Waals surface area contributed by atoms with Crippen LogP contribution < -0.4 is 11.1 Å². The number of hydrogen-bond acceptors (Lipinski definition) is 6. The lowest BCUT2D eigenvalue weighted by molar-refractivity contribution is 0.587. The van der Waals surface area contributed by atoms with E-state index in [2.05, 4.69) is 5.32 Å². The molecule has 174 valence electrons. The highest BCUT2D eigenvalue weighted by Crippen LogP contribution is 2.35. The van der Waals surface area contributed by atoms with Gasteiger partial charge >= 0.3 is 0 Å². The highest BCUT2D eigenvalue weighted by atomic mass is 35.5. The highest BCUT2D eigenvalue weighted by molar-refractivity contribution is 7.92. The van der Waals surface area contributed by atoms with Crippen LogP contribution in [-0.2, 0) is 9.84 Å². The molecule has 3 aromatic rings. The summed E-state index contributed by atoms with van der Waals surface area (Å²) < 4.78 is 25.2. The van der Waals surface area contributed by atoms with Gasteiger partial charge in [-0.1, -0.05) is 35.9 Å². The summed E-state index contributed by atoms with van der Waals surface area (Å²) in [6.07, 6.45) is 1.71. The van der Waals surface area contributed by atoms with Crippen molar-refractivity contribution >= 4 is 49.9 Å². The number of hydrogen-bond donors (Lipinski definition) is 3. The van der Waals surface area contributed by atoms with Gasteiger partial charge in [0.15, 0.2) is 9.84 Å². The normalized spacial score (nSPS) is 12.8. The van der Waals surface area contributed by atoms with Crippen molar-refractivity contribution in [2.45, 2.75) is 43.4 Å². The first-order chi connectivity index (χ1) is 15.4. The summed E-state index contributed by atoms with van der Waals surface area (Å²) in [4.78, 5) is 2.09. The highest BCUT2D eigenvalue weighted by Gasteiger charge is 2.21. The third-order valence-corrected chi connectivity index (χ3v) is 8.71. The Morgan fingerprint density at radius 1 is 1.12 bits per heavy atom. The summed E-state index contributed by atoms with van der Waals surface area (Å²) in [6.45, 7) is 6.91. The zero-order chi connectivity index (χ0) is 24.4. The molecule has 5 nitrogen and oxygen atoms in total. The van der Waals surface area contributed by atoms with E-state index in [4.69, 9.17) is 22.7 Å². The van der Waals surface area contributed by atoms with E-state index in [0.29, 0.717) is 21.3 Å². The Hall–Kier alpha value is -2.45. The number of halogens is 1. The van der Waals surface area contributed by atoms with Gasteiger partial charge in [0.1, 0.15) is 0 Å². The van der Waals surface area contributed by atoms with Crippen LogP contribution in [0.3, 0.4) is 0 Å². The molecular weight excluding hydrogens is 474 g/mol. The molecule has 0 unspecified atom stereocenters. The second kappa shape index (κ2) is 9.81. The Kier molecular flexibility index (Phi) is 7.49. The molecule has 0 amide bonds. The van der Waals surface area contributed by atoms with E-state index in [0.717, 1.165) is 15.3 Å². The SMILES string of the molecule is CC(C)S(=O)(=O)c1cccc(-c2ccc(/C(=C/C(=N)C(C)(C)N)Nc3ccccc3Cl)s2)c1. The van der Waals surface area contributed by atoms with Crippen molar-refractivity contribution in [2.24, 2.45) is 5.73 Å². The van der Waals surface area contributed by atoms with Crippen molar-refractivity contribution in [1.82, 2.24) is 0 Å². The molecule has 8 heteroatoms. The number of benzene rings is 2. The summed E-state index contributed by atoms with van der Waals surface area (Å²) in [7, 11) is -3.37. The average molecular weight is 502 g/mol. The van der Waals surface area contributed by atoms with E-state index in [9.17, 15) is 8.42 Å². The van der Waals surface area contributed by atoms with E-state index >= 15 is 0 Å². The molecule has 1 aromatic heterocycles. The van der Waals surface area contributed by atoms with Gasteiger partial charge in [-0.15, -0.1) is 11.3 Å². The average Bonchev–Trinajstić information content (AvgIpc) is 3.24. The molecule has 0 saturated carbocycles. The first-order valence-corrected chi connectivity index (χ1v) is 13.2. The Bertz CT molecular complexity index is 1300. The smallest absolute Gasteiger partial charge is 0.180 e. The fourth-order valence-electron chi connectivity index (χ4n) is 2.94. The van der Waals surface area contributed by atoms with Gasteiger partial charge < -0.3 is 16.5 Å². The van der Waals surface area contributed by atoms with Gasteiger partial charge in [0, 0.05) is 4.88 Å². The molecule has 0 fully saturated rings. The summed E-state index contributed by atoms with van der Waals surface area (Å²) in [5.41, 5.74) is 7.80. The number of anilines is 1. The van der Waals surface area contributed by atoms with Crippen LogP contribution in [0.1, 0.15) is 32.6 Å². The number of para-hydroxylation sites is 1. The third-order valence-electron chi connectivity index (χ3n) is 5.07. The van der Waals surface area contributed by atoms with Crippen LogP contribution in [0, 0.1) is 5.41 Å². The zero-order valence-corrected chi connectivity index (χ0v) is 21.4. The second-order valence-electron chi connectivity index (χ2n) is 8.58. The van der Waals surface area contributed by atoms with Gasteiger partial charge in [-0.25, -0.2) is 8.42 Å². The molecule has 0 radical (unpaired) electrons. The Morgan fingerprint density at radius 3 is 2.45 bits per heavy atom. The van der Waals surface area contributed by atoms with Crippen molar-refractivity contribution in [3.05, 3.63) is 76.6 Å². The summed E-state index contributed by atoms with van der Waals surface area (Å²) in [5, 5.41) is 11.8. The van der Waals surface area contributed by atoms with E-state index in [1.54, 1.807) is 58.0 Å². The minimum Gasteiger partial charge on any atom is -0.353 e. The van der Waals surface area contributed by atoms with E-state index < -0.39 is 20.6 Å². The summed E-state index contributed by atoms with van der Waals surface area (Å²) in [6, 6.07) is 18.3. The van der Waals surface area contributed by atoms with Gasteiger partial charge in [-0.2, -0.15) is 0 Å². The first kappa shape index (κ1) is 25.2. The van der Waals surface area contributed by atoms with Crippen LogP contribution >= 0.6 is 22.9 Å². The van der Waals surface area contributed by atoms with Gasteiger partial charge in [-0.3, -0.25) is 0 Å². The molecule has 0 spiro atoms. The van der Waals surface area contributed by atoms with Crippen LogP contribution in [0.4, 0.5) is 5.69 Å². The van der Waals surface area contributed by atoms with Crippen molar-refractivity contribution in [2.75, 3.05) is 5.32 Å². The van der Waals surface area contributed by atoms with Gasteiger partial charge in [0.2, 0.25) is 0 Å². The van der Waals surface area contributed by atoms with Crippen LogP contribution in [0.2, 0.25) is 5.02 Å². The van der Waals surface area contributed by atoms with Gasteiger partial charge in [-0.05, 0) is 75.7 Å². The van der Waals surface area contributed by atoms with E-state index in [1.807, 2.05) is 36.4 Å². The van der Waals surface area contributed by atoms with Crippen molar-refractivity contribution in [3.8, 4) is 10.4 Å². The maximum atomic E-state index is 12.6. The predicted molar refractivity (Wildman–Crippen MR) is 141 cm³/mol. The lowest BCUT2D eigenvalue weighted by Gasteiger charge is -2.19. The molecule has 33 heavy (non-hydrogen) atoms. The standard InChI is InChI=1S/C25H28ClN3O2S2/c1-16(2)33(30,31)18-9-7-8-17(14-18)22-12-13-23(32-22)21(15-24(27)25(3,4)28)29-20-11-6-5-10-19(20)26/h5-16,27,29H,28H2,1-4H3/b21-15-,27-24?. The molecule has 0 aliphatic rings. The quantitative estimate of drug-likeness (QED) is 0.308. The van der Waals surface area contributed by atoms with Crippen LogP contribution in [0.25, 0.3) is 16.1 Å². The number of rotatable bonds is 8. The molecule has 4 N–H and O–H groups in total. The third kappa shape index (κ3) is 5.92. The summed E-state index contributed by atoms with van der Waals surface area (Å²) in [5.74, 6) is 0. The van der Waals surface area contributed by atoms with E-state index in [1.165, 1.54) is 11.3 Å². The lowest BCUT2D eigenvalue weighted by atomic mass is 9.99. The molecular formula is C25H28ClN3O2S2. The maximum Gasteiger partial charge on any atom is 0.180 e. The number of nitrogens with two attached hydrogens (primary N) is 1. The molecule has 3 rings (SSSR count). The summed E-state index contributed by atoms with van der Waals surface area (Å²) >= 11 is 7.84. The topological polar surface area (TPSA) is 96.0 Å². The molecule has 0 aliphatic heterocycles. The van der Waals surface area contributed by atoms with Crippen molar-refractivity contribution in [1.29, 1.82) is 5.41 Å². The van der Waals surface area contributed by atoms with Crippen LogP contribution in [-0.4, -0.2) is 24.9 Å². The first-order valence-electron chi connectivity index (χ1n) is 10.5. The predicted octanol–water partition coefficient (Wildman–Crippen LogP) is 6.46. The Morgan fingerprint density at radius 2 is 1.82 bits per heavy atom. The number of thiophene rings is 1. The monoisotopic (exact) mass is 501 g/mol. The fraction of sp³-hybridized carbons (Fsp3) is 0.240. The molecule has 0 bridgehead atoms. The minimum atomic E-state index is -3.37. The van der Waals surface area contributed by atoms with Crippen molar-refractivity contribution in [3.63, 3.8) is 0 Å². The molecule has 1 heterocycles. The molecule has 0 saturated heterocycles. The Labute approximate surface area is 204 Å². The van der Waals surface area contributed by atoms with E-state index in [-0.39, 0.29) is 5.71 Å². The van der Waals surface area contributed by atoms with Crippen molar-refractivity contribution < 1.29 is 8.42 Å². The minimum absolute atomic E-state index is 0.261. The van der Waals surface area contributed by atoms with Gasteiger partial charge in [0.05, 0.1) is 42.7 Å². The largest absolute Gasteiger partial charge is 0.353 e. The Balaban J connectivity index is 2.03. The van der Waals surface area contributed by atoms with Crippen LogP contribution in [0.5, 0.6) is 0 Å². The second-order valence-corrected chi connectivity index (χ2v) is 12.6. The molecule has 0 atom stereocenters. The fourth-order valence-corrected chi connectivity index (χ4v) is 5.20. The number of sulfone groups is 1. The van der Waals surface area contributed by atoms with Gasteiger partial charge in [0.25, 0.3) is 0 Å². The van der Waals surface area contributed by atoms with Crippen LogP contribution in [0.15, 0.2) is 71.6 Å². The number of nitrogens with one attached hydrogen (secondary N) is 2. The molecule has 0 aliphatic carbocycles. The molecule has 2 aromatic carbocycles. The zero-order valence-electron chi connectivity index (χ0n) is 19.0.